The predicted octanol–water partition coefficient (Wildman–Crippen LogP) is -0.847. The van der Waals surface area contributed by atoms with E-state index in [-0.39, 0.29) is 5.57 Å². The quantitative estimate of drug-likeness (QED) is 0.384. The Bertz CT molecular complexity index is 152. The monoisotopic (exact) mass is 129 g/mol. The Morgan fingerprint density at radius 3 is 2.33 bits per heavy atom. The van der Waals surface area contributed by atoms with Gasteiger partial charge in [0, 0.05) is 0 Å². The molecule has 0 aromatic carbocycles. The molecule has 0 aromatic rings. The fourth-order valence-electron chi connectivity index (χ4n) is 0.225. The molecule has 50 valence electrons. The van der Waals surface area contributed by atoms with Crippen molar-refractivity contribution < 1.29 is 14.7 Å². The molecule has 0 rings (SSSR count). The lowest BCUT2D eigenvalue weighted by atomic mass is 10.2. The van der Waals surface area contributed by atoms with Gasteiger partial charge in [0.15, 0.2) is 0 Å². The van der Waals surface area contributed by atoms with Crippen LogP contribution in [0.25, 0.3) is 0 Å². The number of carboxylic acid groups (broad SMARTS) is 1. The van der Waals surface area contributed by atoms with Crippen LogP contribution in [-0.4, -0.2) is 23.4 Å². The van der Waals surface area contributed by atoms with Crippen molar-refractivity contribution >= 4 is 12.3 Å². The average Bonchev–Trinajstić information content (AvgIpc) is 1.84. The largest absolute Gasteiger partial charge is 0.478 e. The number of carbonyl (C=O) groups excluding carboxylic acids is 1. The van der Waals surface area contributed by atoms with Crippen LogP contribution in [0.3, 0.4) is 0 Å². The smallest absolute Gasteiger partial charge is 0.333 e. The Balaban J connectivity index is 4.03. The van der Waals surface area contributed by atoms with Crippen molar-refractivity contribution in [1.29, 1.82) is 0 Å². The SMILES string of the molecule is C=C(C(=O)O)C(N)C=O. The van der Waals surface area contributed by atoms with Crippen molar-refractivity contribution in [2.24, 2.45) is 5.73 Å². The average molecular weight is 129 g/mol. The molecular weight excluding hydrogens is 122 g/mol. The van der Waals surface area contributed by atoms with E-state index < -0.39 is 12.0 Å². The molecule has 0 heterocycles. The maximum absolute atomic E-state index is 9.96. The number of hydrogen-bond acceptors (Lipinski definition) is 3. The molecule has 0 spiro atoms. The third-order valence-electron chi connectivity index (χ3n) is 0.824. The summed E-state index contributed by atoms with van der Waals surface area (Å²) in [5.74, 6) is -1.24. The summed E-state index contributed by atoms with van der Waals surface area (Å²) in [6, 6.07) is -1.08. The van der Waals surface area contributed by atoms with Crippen molar-refractivity contribution in [2.75, 3.05) is 0 Å². The lowest BCUT2D eigenvalue weighted by Crippen LogP contribution is -2.27. The van der Waals surface area contributed by atoms with Gasteiger partial charge in [0.1, 0.15) is 6.29 Å². The first-order chi connectivity index (χ1) is 4.09. The number of rotatable bonds is 3. The highest BCUT2D eigenvalue weighted by molar-refractivity contribution is 5.92. The van der Waals surface area contributed by atoms with Crippen LogP contribution >= 0.6 is 0 Å². The number of nitrogens with two attached hydrogens (primary N) is 1. The summed E-state index contributed by atoms with van der Waals surface area (Å²) in [6.07, 6.45) is 0.330. The van der Waals surface area contributed by atoms with Gasteiger partial charge < -0.3 is 15.6 Å². The zero-order valence-electron chi connectivity index (χ0n) is 4.70. The Kier molecular flexibility index (Phi) is 2.60. The van der Waals surface area contributed by atoms with E-state index in [0.29, 0.717) is 6.29 Å². The molecule has 0 saturated carbocycles. The van der Waals surface area contributed by atoms with Gasteiger partial charge in [-0.2, -0.15) is 0 Å². The van der Waals surface area contributed by atoms with Crippen LogP contribution in [0, 0.1) is 0 Å². The summed E-state index contributed by atoms with van der Waals surface area (Å²) in [4.78, 5) is 19.8. The molecule has 1 unspecified atom stereocenters. The summed E-state index contributed by atoms with van der Waals surface area (Å²) in [5, 5.41) is 8.15. The lowest BCUT2D eigenvalue weighted by Gasteiger charge is -1.99. The number of carbonyl (C=O) groups is 2. The van der Waals surface area contributed by atoms with Gasteiger partial charge in [-0.15, -0.1) is 0 Å². The standard InChI is InChI=1S/C5H7NO3/c1-3(5(8)9)4(6)2-7/h2,4H,1,6H2,(H,8,9). The van der Waals surface area contributed by atoms with Crippen molar-refractivity contribution in [3.8, 4) is 0 Å². The van der Waals surface area contributed by atoms with Gasteiger partial charge in [0.25, 0.3) is 0 Å². The summed E-state index contributed by atoms with van der Waals surface area (Å²) in [5.41, 5.74) is 4.68. The van der Waals surface area contributed by atoms with Crippen molar-refractivity contribution in [1.82, 2.24) is 0 Å². The summed E-state index contributed by atoms with van der Waals surface area (Å²) in [6.45, 7) is 3.07. The summed E-state index contributed by atoms with van der Waals surface area (Å²) < 4.78 is 0. The Hall–Kier alpha value is -1.16. The summed E-state index contributed by atoms with van der Waals surface area (Å²) in [7, 11) is 0. The van der Waals surface area contributed by atoms with Crippen LogP contribution < -0.4 is 5.73 Å². The molecule has 0 aliphatic carbocycles. The van der Waals surface area contributed by atoms with Gasteiger partial charge in [0.05, 0.1) is 11.6 Å². The fraction of sp³-hybridized carbons (Fsp3) is 0.200. The minimum atomic E-state index is -1.24. The zero-order chi connectivity index (χ0) is 7.44. The minimum absolute atomic E-state index is 0.287. The van der Waals surface area contributed by atoms with E-state index in [9.17, 15) is 9.59 Å². The van der Waals surface area contributed by atoms with Gasteiger partial charge >= 0.3 is 5.97 Å². The molecule has 9 heavy (non-hydrogen) atoms. The molecule has 0 amide bonds. The van der Waals surface area contributed by atoms with E-state index in [1.165, 1.54) is 0 Å². The van der Waals surface area contributed by atoms with Crippen molar-refractivity contribution in [2.45, 2.75) is 6.04 Å². The number of aliphatic carboxylic acids is 1. The normalized spacial score (nSPS) is 12.1. The number of aldehydes is 1. The topological polar surface area (TPSA) is 80.4 Å². The second-order valence-electron chi connectivity index (χ2n) is 1.49. The molecule has 0 aromatic heterocycles. The lowest BCUT2D eigenvalue weighted by molar-refractivity contribution is -0.133. The van der Waals surface area contributed by atoms with E-state index in [1.54, 1.807) is 0 Å². The third kappa shape index (κ3) is 2.05. The van der Waals surface area contributed by atoms with Crippen molar-refractivity contribution in [3.63, 3.8) is 0 Å². The van der Waals surface area contributed by atoms with Gasteiger partial charge in [-0.1, -0.05) is 6.58 Å². The highest BCUT2D eigenvalue weighted by Gasteiger charge is 2.11. The molecule has 4 heteroatoms. The maximum Gasteiger partial charge on any atom is 0.333 e. The molecule has 4 nitrogen and oxygen atoms in total. The van der Waals surface area contributed by atoms with Gasteiger partial charge in [-0.05, 0) is 0 Å². The van der Waals surface area contributed by atoms with Gasteiger partial charge in [-0.25, -0.2) is 4.79 Å². The zero-order valence-corrected chi connectivity index (χ0v) is 4.70. The molecule has 0 saturated heterocycles. The van der Waals surface area contributed by atoms with Crippen LogP contribution in [0.5, 0.6) is 0 Å². The van der Waals surface area contributed by atoms with Crippen LogP contribution in [0.1, 0.15) is 0 Å². The van der Waals surface area contributed by atoms with Gasteiger partial charge in [-0.3, -0.25) is 0 Å². The fourth-order valence-corrected chi connectivity index (χ4v) is 0.225. The van der Waals surface area contributed by atoms with Crippen LogP contribution in [0.15, 0.2) is 12.2 Å². The Morgan fingerprint density at radius 2 is 2.22 bits per heavy atom. The third-order valence-corrected chi connectivity index (χ3v) is 0.824. The molecular formula is C5H7NO3. The van der Waals surface area contributed by atoms with Crippen LogP contribution in [0.2, 0.25) is 0 Å². The van der Waals surface area contributed by atoms with E-state index in [2.05, 4.69) is 6.58 Å². The second kappa shape index (κ2) is 2.99. The van der Waals surface area contributed by atoms with E-state index in [1.807, 2.05) is 0 Å². The molecule has 0 fully saturated rings. The highest BCUT2D eigenvalue weighted by Crippen LogP contribution is 1.91. The van der Waals surface area contributed by atoms with Crippen LogP contribution in [-0.2, 0) is 9.59 Å². The Morgan fingerprint density at radius 1 is 1.78 bits per heavy atom. The molecule has 1 atom stereocenters. The second-order valence-corrected chi connectivity index (χ2v) is 1.49. The molecule has 0 aliphatic heterocycles. The maximum atomic E-state index is 9.96. The highest BCUT2D eigenvalue weighted by atomic mass is 16.4. The number of hydrogen-bond donors (Lipinski definition) is 2. The predicted molar refractivity (Wildman–Crippen MR) is 30.8 cm³/mol. The first-order valence-electron chi connectivity index (χ1n) is 2.22. The van der Waals surface area contributed by atoms with E-state index in [0.717, 1.165) is 0 Å². The Labute approximate surface area is 52.0 Å². The molecule has 0 aliphatic rings. The molecule has 3 N–H and O–H groups in total. The molecule has 0 radical (unpaired) electrons. The molecule has 0 bridgehead atoms. The minimum Gasteiger partial charge on any atom is -0.478 e. The van der Waals surface area contributed by atoms with E-state index in [4.69, 9.17) is 10.8 Å². The first-order valence-corrected chi connectivity index (χ1v) is 2.22. The van der Waals surface area contributed by atoms with Crippen LogP contribution in [0.4, 0.5) is 0 Å². The van der Waals surface area contributed by atoms with Gasteiger partial charge in [0.2, 0.25) is 0 Å². The summed E-state index contributed by atoms with van der Waals surface area (Å²) >= 11 is 0. The first kappa shape index (κ1) is 7.84. The van der Waals surface area contributed by atoms with Crippen molar-refractivity contribution in [3.05, 3.63) is 12.2 Å². The number of carboxylic acids is 1. The van der Waals surface area contributed by atoms with E-state index >= 15 is 0 Å².